The predicted octanol–water partition coefficient (Wildman–Crippen LogP) is 2.89. The second-order valence-corrected chi connectivity index (χ2v) is 5.57. The Morgan fingerprint density at radius 2 is 2.04 bits per heavy atom. The number of hydrogen-bond donors (Lipinski definition) is 1. The molecular weight excluding hydrogens is 356 g/mol. The van der Waals surface area contributed by atoms with Gasteiger partial charge in [0.25, 0.3) is 5.91 Å². The number of aromatic nitrogens is 2. The van der Waals surface area contributed by atoms with E-state index in [0.717, 1.165) is 11.5 Å². The van der Waals surface area contributed by atoms with Crippen LogP contribution in [0.4, 0.5) is 14.5 Å². The fraction of sp³-hybridized carbons (Fsp3) is 0.333. The molecule has 7 nitrogen and oxygen atoms in total. The molecule has 134 valence electrons. The molecule has 1 aromatic heterocycles. The van der Waals surface area contributed by atoms with Gasteiger partial charge in [-0.25, -0.2) is 4.79 Å². The van der Waals surface area contributed by atoms with Gasteiger partial charge in [0, 0.05) is 0 Å². The van der Waals surface area contributed by atoms with Crippen molar-refractivity contribution in [3.05, 3.63) is 34.8 Å². The molecule has 1 heterocycles. The van der Waals surface area contributed by atoms with Crippen LogP contribution in [0.25, 0.3) is 0 Å². The molecule has 0 spiro atoms. The molecule has 10 heteroatoms. The zero-order valence-electron chi connectivity index (χ0n) is 13.4. The SMILES string of the molecule is CCc1nnsc1C(=O)O[C@H](C)C(=O)Nc1ccccc1OC(F)F. The van der Waals surface area contributed by atoms with Gasteiger partial charge in [-0.3, -0.25) is 4.79 Å². The predicted molar refractivity (Wildman–Crippen MR) is 85.9 cm³/mol. The zero-order chi connectivity index (χ0) is 18.4. The van der Waals surface area contributed by atoms with E-state index >= 15 is 0 Å². The quantitative estimate of drug-likeness (QED) is 0.753. The Balaban J connectivity index is 2.02. The number of para-hydroxylation sites is 2. The lowest BCUT2D eigenvalue weighted by Gasteiger charge is -2.15. The van der Waals surface area contributed by atoms with Crippen LogP contribution in [0.3, 0.4) is 0 Å². The first-order valence-electron chi connectivity index (χ1n) is 7.29. The number of amides is 1. The maximum absolute atomic E-state index is 12.4. The highest BCUT2D eigenvalue weighted by Gasteiger charge is 2.23. The van der Waals surface area contributed by atoms with Gasteiger partial charge in [-0.1, -0.05) is 23.5 Å². The third-order valence-electron chi connectivity index (χ3n) is 3.09. The summed E-state index contributed by atoms with van der Waals surface area (Å²) in [5.41, 5.74) is 0.530. The number of hydrogen-bond acceptors (Lipinski definition) is 7. The summed E-state index contributed by atoms with van der Waals surface area (Å²) in [6.07, 6.45) is -0.654. The molecule has 1 amide bonds. The molecule has 1 aromatic carbocycles. The van der Waals surface area contributed by atoms with Crippen LogP contribution >= 0.6 is 11.5 Å². The smallest absolute Gasteiger partial charge is 0.387 e. The number of nitrogens with one attached hydrogen (secondary N) is 1. The highest BCUT2D eigenvalue weighted by atomic mass is 32.1. The molecule has 1 N–H and O–H groups in total. The van der Waals surface area contributed by atoms with Gasteiger partial charge in [-0.15, -0.1) is 5.10 Å². The van der Waals surface area contributed by atoms with E-state index in [9.17, 15) is 18.4 Å². The number of alkyl halides is 2. The highest BCUT2D eigenvalue weighted by Crippen LogP contribution is 2.25. The fourth-order valence-corrected chi connectivity index (χ4v) is 2.50. The summed E-state index contributed by atoms with van der Waals surface area (Å²) in [6.45, 7) is 0.146. The standard InChI is InChI=1S/C15H15F2N3O4S/c1-3-9-12(25-20-19-9)14(22)23-8(2)13(21)18-10-6-4-5-7-11(10)24-15(16)17/h4-8,15H,3H2,1-2H3,(H,18,21)/t8-/m1/s1. The number of carbonyl (C=O) groups excluding carboxylic acids is 2. The van der Waals surface area contributed by atoms with Crippen molar-refractivity contribution in [2.75, 3.05) is 5.32 Å². The van der Waals surface area contributed by atoms with Gasteiger partial charge in [0.05, 0.1) is 11.4 Å². The van der Waals surface area contributed by atoms with Gasteiger partial charge >= 0.3 is 12.6 Å². The maximum Gasteiger partial charge on any atom is 0.387 e. The van der Waals surface area contributed by atoms with Crippen LogP contribution in [-0.2, 0) is 16.0 Å². The minimum atomic E-state index is -3.03. The maximum atomic E-state index is 12.4. The average molecular weight is 371 g/mol. The number of benzene rings is 1. The van der Waals surface area contributed by atoms with Gasteiger partial charge < -0.3 is 14.8 Å². The molecule has 0 bridgehead atoms. The molecule has 0 fully saturated rings. The minimum absolute atomic E-state index is 0.0457. The second-order valence-electron chi connectivity index (χ2n) is 4.81. The van der Waals surface area contributed by atoms with Crippen LogP contribution in [0.15, 0.2) is 24.3 Å². The molecule has 0 radical (unpaired) electrons. The van der Waals surface area contributed by atoms with Crippen LogP contribution in [0.1, 0.15) is 29.2 Å². The first-order valence-corrected chi connectivity index (χ1v) is 8.06. The number of aryl methyl sites for hydroxylation is 1. The van der Waals surface area contributed by atoms with E-state index in [4.69, 9.17) is 4.74 Å². The van der Waals surface area contributed by atoms with Crippen LogP contribution in [0.5, 0.6) is 5.75 Å². The van der Waals surface area contributed by atoms with Crippen LogP contribution in [0.2, 0.25) is 0 Å². The number of anilines is 1. The molecule has 2 aromatic rings. The third kappa shape index (κ3) is 4.92. The molecule has 1 atom stereocenters. The van der Waals surface area contributed by atoms with Gasteiger partial charge in [-0.05, 0) is 37.0 Å². The van der Waals surface area contributed by atoms with E-state index in [1.807, 2.05) is 6.92 Å². The highest BCUT2D eigenvalue weighted by molar-refractivity contribution is 7.07. The molecule has 0 aliphatic carbocycles. The molecule has 2 rings (SSSR count). The number of esters is 1. The minimum Gasteiger partial charge on any atom is -0.448 e. The van der Waals surface area contributed by atoms with Gasteiger partial charge in [-0.2, -0.15) is 8.78 Å². The fourth-order valence-electron chi connectivity index (χ4n) is 1.87. The molecule has 0 aliphatic rings. The van der Waals surface area contributed by atoms with Gasteiger partial charge in [0.1, 0.15) is 5.75 Å². The van der Waals surface area contributed by atoms with Crippen molar-refractivity contribution < 1.29 is 27.8 Å². The lowest BCUT2D eigenvalue weighted by Crippen LogP contribution is -2.30. The normalized spacial score (nSPS) is 11.9. The van der Waals surface area contributed by atoms with E-state index in [1.54, 1.807) is 6.07 Å². The summed E-state index contributed by atoms with van der Waals surface area (Å²) < 4.78 is 37.8. The Labute approximate surface area is 146 Å². The Hall–Kier alpha value is -2.62. The number of ether oxygens (including phenoxy) is 2. The van der Waals surface area contributed by atoms with Crippen molar-refractivity contribution in [2.24, 2.45) is 0 Å². The summed E-state index contributed by atoms with van der Waals surface area (Å²) in [6, 6.07) is 5.71. The molecule has 0 aliphatic heterocycles. The molecule has 25 heavy (non-hydrogen) atoms. The van der Waals surface area contributed by atoms with E-state index in [1.165, 1.54) is 25.1 Å². The summed E-state index contributed by atoms with van der Waals surface area (Å²) >= 11 is 0.878. The lowest BCUT2D eigenvalue weighted by molar-refractivity contribution is -0.123. The van der Waals surface area contributed by atoms with Crippen LogP contribution in [0, 0.1) is 0 Å². The summed E-state index contributed by atoms with van der Waals surface area (Å²) in [4.78, 5) is 24.4. The molecular formula is C15H15F2N3O4S. The Morgan fingerprint density at radius 1 is 1.32 bits per heavy atom. The van der Waals surface area contributed by atoms with Crippen molar-refractivity contribution in [3.8, 4) is 5.75 Å². The number of nitrogens with zero attached hydrogens (tertiary/aromatic N) is 2. The molecule has 0 unspecified atom stereocenters. The van der Waals surface area contributed by atoms with E-state index in [0.29, 0.717) is 12.1 Å². The number of rotatable bonds is 7. The largest absolute Gasteiger partial charge is 0.448 e. The Bertz CT molecular complexity index is 754. The topological polar surface area (TPSA) is 90.4 Å². The van der Waals surface area contributed by atoms with Gasteiger partial charge in [0.15, 0.2) is 11.0 Å². The number of halogens is 2. The van der Waals surface area contributed by atoms with Crippen molar-refractivity contribution in [1.82, 2.24) is 9.59 Å². The van der Waals surface area contributed by atoms with E-state index in [-0.39, 0.29) is 16.3 Å². The first-order chi connectivity index (χ1) is 11.9. The van der Waals surface area contributed by atoms with Crippen molar-refractivity contribution in [3.63, 3.8) is 0 Å². The molecule has 0 saturated carbocycles. The van der Waals surface area contributed by atoms with E-state index in [2.05, 4.69) is 19.6 Å². The summed E-state index contributed by atoms with van der Waals surface area (Å²) in [7, 11) is 0. The van der Waals surface area contributed by atoms with Crippen LogP contribution in [-0.4, -0.2) is 34.2 Å². The average Bonchev–Trinajstić information content (AvgIpc) is 3.04. The lowest BCUT2D eigenvalue weighted by atomic mass is 10.2. The van der Waals surface area contributed by atoms with Crippen molar-refractivity contribution in [2.45, 2.75) is 33.0 Å². The van der Waals surface area contributed by atoms with Crippen molar-refractivity contribution in [1.29, 1.82) is 0 Å². The second kappa shape index (κ2) is 8.47. The van der Waals surface area contributed by atoms with Gasteiger partial charge in [0.2, 0.25) is 0 Å². The van der Waals surface area contributed by atoms with Crippen LogP contribution < -0.4 is 10.1 Å². The zero-order valence-corrected chi connectivity index (χ0v) is 14.2. The Morgan fingerprint density at radius 3 is 2.72 bits per heavy atom. The monoisotopic (exact) mass is 371 g/mol. The molecule has 0 saturated heterocycles. The Kier molecular flexibility index (Phi) is 6.34. The summed E-state index contributed by atoms with van der Waals surface area (Å²) in [5.74, 6) is -1.59. The van der Waals surface area contributed by atoms with Crippen molar-refractivity contribution >= 4 is 29.1 Å². The van der Waals surface area contributed by atoms with E-state index < -0.39 is 24.6 Å². The number of carbonyl (C=O) groups is 2. The first kappa shape index (κ1) is 18.7. The third-order valence-corrected chi connectivity index (χ3v) is 3.84. The summed E-state index contributed by atoms with van der Waals surface area (Å²) in [5, 5.41) is 6.19.